The molecule has 2 rings (SSSR count). The first-order valence-electron chi connectivity index (χ1n) is 7.22. The molecule has 0 spiro atoms. The molecule has 0 N–H and O–H groups in total. The topological polar surface area (TPSA) is 26.3 Å². The van der Waals surface area contributed by atoms with Gasteiger partial charge in [-0.3, -0.25) is 0 Å². The monoisotopic (exact) mass is 298 g/mol. The molecule has 0 saturated heterocycles. The highest BCUT2D eigenvalue weighted by atomic mass is 19.1. The maximum Gasteiger partial charge on any atom is 0.334 e. The van der Waals surface area contributed by atoms with Crippen LogP contribution >= 0.6 is 0 Å². The molecule has 2 aromatic carbocycles. The van der Waals surface area contributed by atoms with Crippen molar-refractivity contribution in [1.82, 2.24) is 0 Å². The van der Waals surface area contributed by atoms with Gasteiger partial charge in [-0.2, -0.15) is 0 Å². The Labute approximate surface area is 130 Å². The van der Waals surface area contributed by atoms with Crippen LogP contribution in [0.15, 0.2) is 60.7 Å². The first kappa shape index (κ1) is 16.0. The van der Waals surface area contributed by atoms with E-state index >= 15 is 0 Å². The lowest BCUT2D eigenvalue weighted by Crippen LogP contribution is -2.13. The van der Waals surface area contributed by atoms with Crippen LogP contribution in [0.25, 0.3) is 0 Å². The van der Waals surface area contributed by atoms with Gasteiger partial charge in [-0.05, 0) is 42.2 Å². The average Bonchev–Trinajstić information content (AvgIpc) is 2.52. The largest absolute Gasteiger partial charge is 0.449 e. The van der Waals surface area contributed by atoms with Crippen LogP contribution < -0.4 is 0 Å². The van der Waals surface area contributed by atoms with E-state index in [1.54, 1.807) is 19.1 Å². The Morgan fingerprint density at radius 2 is 1.86 bits per heavy atom. The van der Waals surface area contributed by atoms with Gasteiger partial charge in [0.15, 0.2) is 6.10 Å². The summed E-state index contributed by atoms with van der Waals surface area (Å²) in [6.45, 7) is 7.25. The first-order valence-corrected chi connectivity index (χ1v) is 7.22. The van der Waals surface area contributed by atoms with Crippen molar-refractivity contribution in [3.63, 3.8) is 0 Å². The highest BCUT2D eigenvalue weighted by Gasteiger charge is 2.20. The molecule has 22 heavy (non-hydrogen) atoms. The Balaban J connectivity index is 2.39. The third-order valence-electron chi connectivity index (χ3n) is 3.42. The Morgan fingerprint density at radius 3 is 2.41 bits per heavy atom. The van der Waals surface area contributed by atoms with Gasteiger partial charge in [-0.25, -0.2) is 9.18 Å². The number of rotatable bonds is 5. The van der Waals surface area contributed by atoms with Crippen LogP contribution in [0.2, 0.25) is 0 Å². The molecule has 0 fully saturated rings. The summed E-state index contributed by atoms with van der Waals surface area (Å²) in [5.74, 6) is -0.854. The summed E-state index contributed by atoms with van der Waals surface area (Å²) in [5.41, 5.74) is 2.90. The van der Waals surface area contributed by atoms with Crippen LogP contribution in [0.3, 0.4) is 0 Å². The molecule has 0 radical (unpaired) electrons. The van der Waals surface area contributed by atoms with Crippen LogP contribution in [0.5, 0.6) is 0 Å². The summed E-state index contributed by atoms with van der Waals surface area (Å²) < 4.78 is 19.0. The van der Waals surface area contributed by atoms with Crippen LogP contribution in [0.4, 0.5) is 4.39 Å². The Bertz CT molecular complexity index is 674. The van der Waals surface area contributed by atoms with E-state index in [-0.39, 0.29) is 5.82 Å². The van der Waals surface area contributed by atoms with Gasteiger partial charge in [-0.15, -0.1) is 0 Å². The van der Waals surface area contributed by atoms with Gasteiger partial charge in [-0.1, -0.05) is 49.9 Å². The summed E-state index contributed by atoms with van der Waals surface area (Å²) in [6.07, 6.45) is 0.280. The SMILES string of the molecule is C=C(C)C(=O)OC(c1ccc(CC)cc1)c1cccc(F)c1. The van der Waals surface area contributed by atoms with E-state index in [1.165, 1.54) is 17.7 Å². The summed E-state index contributed by atoms with van der Waals surface area (Å²) >= 11 is 0. The molecular weight excluding hydrogens is 279 g/mol. The van der Waals surface area contributed by atoms with Crippen molar-refractivity contribution in [1.29, 1.82) is 0 Å². The van der Waals surface area contributed by atoms with Gasteiger partial charge in [0.1, 0.15) is 5.82 Å². The quantitative estimate of drug-likeness (QED) is 0.596. The second-order valence-corrected chi connectivity index (χ2v) is 5.22. The number of esters is 1. The maximum absolute atomic E-state index is 13.5. The standard InChI is InChI=1S/C19H19FO2/c1-4-14-8-10-15(11-9-14)18(22-19(21)13(2)3)16-6-5-7-17(20)12-16/h5-12,18H,2,4H2,1,3H3. The number of carbonyl (C=O) groups is 1. The number of carbonyl (C=O) groups excluding carboxylic acids is 1. The van der Waals surface area contributed by atoms with E-state index in [0.717, 1.165) is 12.0 Å². The third-order valence-corrected chi connectivity index (χ3v) is 3.42. The van der Waals surface area contributed by atoms with Gasteiger partial charge in [0.25, 0.3) is 0 Å². The third kappa shape index (κ3) is 3.82. The molecule has 0 aliphatic rings. The Kier molecular flexibility index (Phi) is 5.10. The van der Waals surface area contributed by atoms with Crippen LogP contribution in [0.1, 0.15) is 36.6 Å². The lowest BCUT2D eigenvalue weighted by molar-refractivity contribution is -0.142. The van der Waals surface area contributed by atoms with Gasteiger partial charge in [0.2, 0.25) is 0 Å². The summed E-state index contributed by atoms with van der Waals surface area (Å²) in [7, 11) is 0. The highest BCUT2D eigenvalue weighted by Crippen LogP contribution is 2.27. The van der Waals surface area contributed by atoms with E-state index in [0.29, 0.717) is 11.1 Å². The molecular formula is C19H19FO2. The molecule has 2 aromatic rings. The number of hydrogen-bond acceptors (Lipinski definition) is 2. The fraction of sp³-hybridized carbons (Fsp3) is 0.211. The van der Waals surface area contributed by atoms with E-state index < -0.39 is 12.1 Å². The van der Waals surface area contributed by atoms with Gasteiger partial charge in [0.05, 0.1) is 0 Å². The number of halogens is 1. The van der Waals surface area contributed by atoms with E-state index in [2.05, 4.69) is 13.5 Å². The van der Waals surface area contributed by atoms with Crippen molar-refractivity contribution < 1.29 is 13.9 Å². The predicted molar refractivity (Wildman–Crippen MR) is 85.0 cm³/mol. The van der Waals surface area contributed by atoms with Crippen LogP contribution in [-0.2, 0) is 16.0 Å². The van der Waals surface area contributed by atoms with E-state index in [9.17, 15) is 9.18 Å². The molecule has 0 aromatic heterocycles. The summed E-state index contributed by atoms with van der Waals surface area (Å²) in [5, 5.41) is 0. The maximum atomic E-state index is 13.5. The molecule has 0 saturated carbocycles. The fourth-order valence-electron chi connectivity index (χ4n) is 2.13. The molecule has 0 heterocycles. The van der Waals surface area contributed by atoms with Crippen molar-refractivity contribution in [2.75, 3.05) is 0 Å². The average molecular weight is 298 g/mol. The zero-order valence-corrected chi connectivity index (χ0v) is 12.8. The molecule has 2 nitrogen and oxygen atoms in total. The molecule has 3 heteroatoms. The fourth-order valence-corrected chi connectivity index (χ4v) is 2.13. The number of ether oxygens (including phenoxy) is 1. The predicted octanol–water partition coefficient (Wildman–Crippen LogP) is 4.60. The smallest absolute Gasteiger partial charge is 0.334 e. The second-order valence-electron chi connectivity index (χ2n) is 5.22. The normalized spacial score (nSPS) is 11.8. The zero-order valence-electron chi connectivity index (χ0n) is 12.8. The minimum absolute atomic E-state index is 0.312. The molecule has 1 atom stereocenters. The highest BCUT2D eigenvalue weighted by molar-refractivity contribution is 5.87. The summed E-state index contributed by atoms with van der Waals surface area (Å²) in [6, 6.07) is 13.9. The molecule has 0 amide bonds. The minimum Gasteiger partial charge on any atom is -0.449 e. The van der Waals surface area contributed by atoms with Crippen molar-refractivity contribution in [2.45, 2.75) is 26.4 Å². The van der Waals surface area contributed by atoms with Crippen molar-refractivity contribution >= 4 is 5.97 Å². The lowest BCUT2D eigenvalue weighted by Gasteiger charge is -2.19. The second kappa shape index (κ2) is 7.03. The molecule has 1 unspecified atom stereocenters. The van der Waals surface area contributed by atoms with Crippen molar-refractivity contribution in [2.24, 2.45) is 0 Å². The van der Waals surface area contributed by atoms with E-state index in [4.69, 9.17) is 4.74 Å². The number of aryl methyl sites for hydroxylation is 1. The lowest BCUT2D eigenvalue weighted by atomic mass is 9.99. The van der Waals surface area contributed by atoms with Crippen LogP contribution in [0, 0.1) is 5.82 Å². The number of benzene rings is 2. The van der Waals surface area contributed by atoms with Crippen molar-refractivity contribution in [3.05, 3.63) is 83.2 Å². The van der Waals surface area contributed by atoms with Crippen molar-refractivity contribution in [3.8, 4) is 0 Å². The van der Waals surface area contributed by atoms with Gasteiger partial charge < -0.3 is 4.74 Å². The van der Waals surface area contributed by atoms with Gasteiger partial charge in [0, 0.05) is 5.57 Å². The summed E-state index contributed by atoms with van der Waals surface area (Å²) in [4.78, 5) is 11.9. The molecule has 114 valence electrons. The molecule has 0 aliphatic carbocycles. The molecule has 0 aliphatic heterocycles. The zero-order chi connectivity index (χ0) is 16.1. The minimum atomic E-state index is -0.647. The molecule has 0 bridgehead atoms. The Morgan fingerprint density at radius 1 is 1.18 bits per heavy atom. The van der Waals surface area contributed by atoms with E-state index in [1.807, 2.05) is 24.3 Å². The van der Waals surface area contributed by atoms with Crippen LogP contribution in [-0.4, -0.2) is 5.97 Å². The Hall–Kier alpha value is -2.42. The number of hydrogen-bond donors (Lipinski definition) is 0. The first-order chi connectivity index (χ1) is 10.5. The van der Waals surface area contributed by atoms with Gasteiger partial charge >= 0.3 is 5.97 Å².